The normalized spacial score (nSPS) is 15.6. The minimum atomic E-state index is 0.523. The van der Waals surface area contributed by atoms with E-state index in [0.29, 0.717) is 5.15 Å². The molecule has 0 aliphatic heterocycles. The van der Waals surface area contributed by atoms with Crippen LogP contribution < -0.4 is 4.90 Å². The molecule has 1 fully saturated rings. The third kappa shape index (κ3) is 2.35. The highest BCUT2D eigenvalue weighted by molar-refractivity contribution is 6.29. The summed E-state index contributed by atoms with van der Waals surface area (Å²) in [4.78, 5) is 10.5. The number of hydrogen-bond donors (Lipinski definition) is 0. The average Bonchev–Trinajstić information content (AvgIpc) is 2.86. The first-order chi connectivity index (χ1) is 6.65. The second kappa shape index (κ2) is 3.73. The van der Waals surface area contributed by atoms with Crippen molar-refractivity contribution in [1.82, 2.24) is 9.97 Å². The van der Waals surface area contributed by atoms with Crippen molar-refractivity contribution < 1.29 is 0 Å². The second-order valence-corrected chi connectivity index (χ2v) is 4.31. The minimum absolute atomic E-state index is 0.523. The summed E-state index contributed by atoms with van der Waals surface area (Å²) < 4.78 is 0. The fourth-order valence-electron chi connectivity index (χ4n) is 1.49. The standard InChI is InChI=1S/C10H14ClN3/c1-7-12-9(11)5-10(13-7)14(2)6-8-3-4-8/h5,8H,3-4,6H2,1-2H3. The van der Waals surface area contributed by atoms with Crippen LogP contribution in [0.3, 0.4) is 0 Å². The molecule has 0 unspecified atom stereocenters. The molecule has 0 N–H and O–H groups in total. The first kappa shape index (κ1) is 9.71. The minimum Gasteiger partial charge on any atom is -0.359 e. The lowest BCUT2D eigenvalue weighted by molar-refractivity contribution is 0.772. The van der Waals surface area contributed by atoms with Crippen molar-refractivity contribution in [2.45, 2.75) is 19.8 Å². The maximum absolute atomic E-state index is 5.87. The van der Waals surface area contributed by atoms with Gasteiger partial charge in [-0.1, -0.05) is 11.6 Å². The number of halogens is 1. The van der Waals surface area contributed by atoms with Gasteiger partial charge in [-0.2, -0.15) is 0 Å². The molecule has 1 heterocycles. The monoisotopic (exact) mass is 211 g/mol. The van der Waals surface area contributed by atoms with E-state index in [9.17, 15) is 0 Å². The van der Waals surface area contributed by atoms with Gasteiger partial charge in [-0.25, -0.2) is 9.97 Å². The first-order valence-electron chi connectivity index (χ1n) is 4.87. The van der Waals surface area contributed by atoms with Gasteiger partial charge >= 0.3 is 0 Å². The van der Waals surface area contributed by atoms with Crippen LogP contribution in [0.5, 0.6) is 0 Å². The highest BCUT2D eigenvalue weighted by Gasteiger charge is 2.23. The zero-order valence-electron chi connectivity index (χ0n) is 8.50. The molecule has 0 aromatic carbocycles. The van der Waals surface area contributed by atoms with Crippen LogP contribution >= 0.6 is 11.6 Å². The second-order valence-electron chi connectivity index (χ2n) is 3.92. The molecule has 0 amide bonds. The van der Waals surface area contributed by atoms with Crippen molar-refractivity contribution in [3.8, 4) is 0 Å². The number of aromatic nitrogens is 2. The molecule has 1 aromatic heterocycles. The molecule has 4 heteroatoms. The maximum atomic E-state index is 5.87. The van der Waals surface area contributed by atoms with Crippen LogP contribution in [0.4, 0.5) is 5.82 Å². The Bertz CT molecular complexity index is 316. The van der Waals surface area contributed by atoms with E-state index in [-0.39, 0.29) is 0 Å². The van der Waals surface area contributed by atoms with E-state index in [4.69, 9.17) is 11.6 Å². The summed E-state index contributed by atoms with van der Waals surface area (Å²) in [5, 5.41) is 0.523. The molecule has 0 radical (unpaired) electrons. The molecular formula is C10H14ClN3. The third-order valence-electron chi connectivity index (χ3n) is 2.41. The molecule has 3 nitrogen and oxygen atoms in total. The number of rotatable bonds is 3. The lowest BCUT2D eigenvalue weighted by atomic mass is 10.4. The van der Waals surface area contributed by atoms with Gasteiger partial charge in [0.05, 0.1) is 0 Å². The quantitative estimate of drug-likeness (QED) is 0.719. The maximum Gasteiger partial charge on any atom is 0.134 e. The van der Waals surface area contributed by atoms with Gasteiger partial charge in [0.15, 0.2) is 0 Å². The predicted molar refractivity (Wildman–Crippen MR) is 57.8 cm³/mol. The molecule has 2 rings (SSSR count). The van der Waals surface area contributed by atoms with Gasteiger partial charge < -0.3 is 4.90 Å². The molecule has 14 heavy (non-hydrogen) atoms. The van der Waals surface area contributed by atoms with Crippen molar-refractivity contribution >= 4 is 17.4 Å². The third-order valence-corrected chi connectivity index (χ3v) is 2.61. The number of hydrogen-bond acceptors (Lipinski definition) is 3. The van der Waals surface area contributed by atoms with Crippen LogP contribution in [0.2, 0.25) is 5.15 Å². The van der Waals surface area contributed by atoms with Crippen LogP contribution in [0.25, 0.3) is 0 Å². The smallest absolute Gasteiger partial charge is 0.134 e. The van der Waals surface area contributed by atoms with Crippen LogP contribution in [-0.2, 0) is 0 Å². The van der Waals surface area contributed by atoms with E-state index in [2.05, 4.69) is 21.9 Å². The zero-order valence-corrected chi connectivity index (χ0v) is 9.25. The lowest BCUT2D eigenvalue weighted by Crippen LogP contribution is -2.21. The predicted octanol–water partition coefficient (Wildman–Crippen LogP) is 2.28. The Morgan fingerprint density at radius 1 is 1.50 bits per heavy atom. The Hall–Kier alpha value is -0.830. The summed E-state index contributed by atoms with van der Waals surface area (Å²) in [7, 11) is 2.05. The van der Waals surface area contributed by atoms with Gasteiger partial charge in [0.2, 0.25) is 0 Å². The van der Waals surface area contributed by atoms with Crippen molar-refractivity contribution in [1.29, 1.82) is 0 Å². The Labute approximate surface area is 89.1 Å². The van der Waals surface area contributed by atoms with Crippen LogP contribution in [0.1, 0.15) is 18.7 Å². The molecule has 0 atom stereocenters. The van der Waals surface area contributed by atoms with E-state index in [0.717, 1.165) is 24.1 Å². The SMILES string of the molecule is Cc1nc(Cl)cc(N(C)CC2CC2)n1. The molecule has 0 spiro atoms. The molecule has 1 aromatic rings. The molecule has 1 aliphatic carbocycles. The molecular weight excluding hydrogens is 198 g/mol. The Morgan fingerprint density at radius 2 is 2.21 bits per heavy atom. The number of aryl methyl sites for hydroxylation is 1. The van der Waals surface area contributed by atoms with E-state index < -0.39 is 0 Å². The molecule has 76 valence electrons. The molecule has 0 bridgehead atoms. The van der Waals surface area contributed by atoms with Crippen molar-refractivity contribution in [2.24, 2.45) is 5.92 Å². The largest absolute Gasteiger partial charge is 0.359 e. The number of nitrogens with zero attached hydrogens (tertiary/aromatic N) is 3. The fraction of sp³-hybridized carbons (Fsp3) is 0.600. The van der Waals surface area contributed by atoms with Gasteiger partial charge in [-0.05, 0) is 25.7 Å². The van der Waals surface area contributed by atoms with Crippen molar-refractivity contribution in [2.75, 3.05) is 18.5 Å². The van der Waals surface area contributed by atoms with E-state index >= 15 is 0 Å². The molecule has 1 aliphatic rings. The van der Waals surface area contributed by atoms with Crippen LogP contribution in [-0.4, -0.2) is 23.6 Å². The summed E-state index contributed by atoms with van der Waals surface area (Å²) in [6.07, 6.45) is 2.70. The average molecular weight is 212 g/mol. The van der Waals surface area contributed by atoms with Crippen molar-refractivity contribution in [3.05, 3.63) is 17.0 Å². The molecule has 0 saturated heterocycles. The summed E-state index contributed by atoms with van der Waals surface area (Å²) in [5.41, 5.74) is 0. The fourth-order valence-corrected chi connectivity index (χ4v) is 1.71. The van der Waals surface area contributed by atoms with Gasteiger partial charge in [0.25, 0.3) is 0 Å². The lowest BCUT2D eigenvalue weighted by Gasteiger charge is -2.17. The van der Waals surface area contributed by atoms with E-state index in [1.165, 1.54) is 12.8 Å². The highest BCUT2D eigenvalue weighted by atomic mass is 35.5. The van der Waals surface area contributed by atoms with Gasteiger partial charge in [0, 0.05) is 19.7 Å². The van der Waals surface area contributed by atoms with E-state index in [1.54, 1.807) is 0 Å². The summed E-state index contributed by atoms with van der Waals surface area (Å²) in [5.74, 6) is 2.51. The summed E-state index contributed by atoms with van der Waals surface area (Å²) >= 11 is 5.87. The Kier molecular flexibility index (Phi) is 2.59. The zero-order chi connectivity index (χ0) is 10.1. The van der Waals surface area contributed by atoms with Gasteiger partial charge in [-0.3, -0.25) is 0 Å². The van der Waals surface area contributed by atoms with Gasteiger partial charge in [-0.15, -0.1) is 0 Å². The van der Waals surface area contributed by atoms with Crippen LogP contribution in [0.15, 0.2) is 6.07 Å². The first-order valence-corrected chi connectivity index (χ1v) is 5.25. The topological polar surface area (TPSA) is 29.0 Å². The Morgan fingerprint density at radius 3 is 2.79 bits per heavy atom. The Balaban J connectivity index is 2.12. The molecule has 1 saturated carbocycles. The van der Waals surface area contributed by atoms with Crippen molar-refractivity contribution in [3.63, 3.8) is 0 Å². The summed E-state index contributed by atoms with van der Waals surface area (Å²) in [6, 6.07) is 1.82. The van der Waals surface area contributed by atoms with E-state index in [1.807, 2.05) is 13.0 Å². The summed E-state index contributed by atoms with van der Waals surface area (Å²) in [6.45, 7) is 2.94. The highest BCUT2D eigenvalue weighted by Crippen LogP contribution is 2.30. The van der Waals surface area contributed by atoms with Gasteiger partial charge in [0.1, 0.15) is 16.8 Å². The van der Waals surface area contributed by atoms with Crippen LogP contribution in [0, 0.1) is 12.8 Å². The number of anilines is 1.